The number of ether oxygens (including phenoxy) is 1. The fourth-order valence-corrected chi connectivity index (χ4v) is 9.30. The molecule has 0 unspecified atom stereocenters. The number of allylic oxidation sites excluding steroid dienone is 4. The van der Waals surface area contributed by atoms with Crippen molar-refractivity contribution in [2.45, 2.75) is 50.5 Å². The first kappa shape index (κ1) is 31.3. The van der Waals surface area contributed by atoms with Crippen LogP contribution in [0.3, 0.4) is 0 Å². The molecule has 1 N–H and O–H groups in total. The molecule has 2 fully saturated rings. The number of phenols is 1. The second kappa shape index (κ2) is 11.2. The monoisotopic (exact) mass is 693 g/mol. The first-order valence-corrected chi connectivity index (χ1v) is 16.8. The molecular weight excluding hydrogens is 658 g/mol. The molecule has 47 heavy (non-hydrogen) atoms. The summed E-state index contributed by atoms with van der Waals surface area (Å²) >= 11 is 3.58. The Hall–Kier alpha value is -4.30. The SMILES string of the molecule is COc1cc(Br)cc([C@H]2C3=CC[C@@H]4C(=O)N(C(C)(C)C)C(=O)[C@@H]4[C@@H]3C[C@H]3C(=O)C(c4ccccc4)=CC(=O)[C@@]23c2ccccc2)c1O. The van der Waals surface area contributed by atoms with E-state index in [1.54, 1.807) is 12.1 Å². The summed E-state index contributed by atoms with van der Waals surface area (Å²) in [5, 5.41) is 11.8. The van der Waals surface area contributed by atoms with Crippen molar-refractivity contribution in [3.8, 4) is 11.5 Å². The summed E-state index contributed by atoms with van der Waals surface area (Å²) in [6.45, 7) is 5.56. The van der Waals surface area contributed by atoms with E-state index in [-0.39, 0.29) is 41.3 Å². The lowest BCUT2D eigenvalue weighted by Crippen LogP contribution is -2.59. The largest absolute Gasteiger partial charge is 0.504 e. The second-order valence-electron chi connectivity index (χ2n) is 14.0. The van der Waals surface area contributed by atoms with Crippen LogP contribution in [0.25, 0.3) is 5.57 Å². The fraction of sp³-hybridized carbons (Fsp3) is 0.333. The Morgan fingerprint density at radius 3 is 2.21 bits per heavy atom. The average Bonchev–Trinajstić information content (AvgIpc) is 3.33. The van der Waals surface area contributed by atoms with E-state index in [1.807, 2.05) is 87.5 Å². The van der Waals surface area contributed by atoms with Crippen LogP contribution in [0.5, 0.6) is 11.5 Å². The summed E-state index contributed by atoms with van der Waals surface area (Å²) < 4.78 is 6.20. The molecule has 1 aliphatic heterocycles. The van der Waals surface area contributed by atoms with Gasteiger partial charge < -0.3 is 9.84 Å². The molecule has 0 bridgehead atoms. The molecule has 1 heterocycles. The lowest BCUT2D eigenvalue weighted by Gasteiger charge is -2.55. The average molecular weight is 695 g/mol. The van der Waals surface area contributed by atoms with E-state index in [1.165, 1.54) is 18.1 Å². The van der Waals surface area contributed by atoms with Gasteiger partial charge in [0.15, 0.2) is 23.1 Å². The molecule has 0 aromatic heterocycles. The number of carbonyl (C=O) groups is 4. The van der Waals surface area contributed by atoms with Crippen molar-refractivity contribution in [3.63, 3.8) is 0 Å². The quantitative estimate of drug-likeness (QED) is 0.239. The third-order valence-corrected chi connectivity index (χ3v) is 11.1. The zero-order valence-electron chi connectivity index (χ0n) is 26.7. The Kier molecular flexibility index (Phi) is 7.43. The van der Waals surface area contributed by atoms with Crippen molar-refractivity contribution >= 4 is 44.9 Å². The zero-order chi connectivity index (χ0) is 33.4. The van der Waals surface area contributed by atoms with Crippen LogP contribution in [0.2, 0.25) is 0 Å². The Labute approximate surface area is 282 Å². The minimum absolute atomic E-state index is 0.137. The number of rotatable bonds is 4. The first-order valence-electron chi connectivity index (χ1n) is 16.0. The summed E-state index contributed by atoms with van der Waals surface area (Å²) in [6, 6.07) is 21.9. The maximum atomic E-state index is 15.1. The molecule has 1 saturated carbocycles. The summed E-state index contributed by atoms with van der Waals surface area (Å²) in [5.74, 6) is -4.32. The number of nitrogens with zero attached hydrogens (tertiary/aromatic N) is 1. The standard InChI is InChI=1S/C39H36BrNO6/c1-38(2,3)41-36(45)25-16-15-24-27(32(25)37(41)46)19-29-34(43)26(21-11-7-5-8-12-21)20-31(42)39(29,22-13-9-6-10-14-22)33(24)28-17-23(40)18-30(47-4)35(28)44/h5-15,17-18,20,25,27,29,32-33,44H,16,19H2,1-4H3/t25-,27+,29-,32-,33+,39-/m0/s1. The van der Waals surface area contributed by atoms with Gasteiger partial charge >= 0.3 is 0 Å². The van der Waals surface area contributed by atoms with E-state index in [9.17, 15) is 19.5 Å². The van der Waals surface area contributed by atoms with Gasteiger partial charge in [-0.25, -0.2) is 0 Å². The van der Waals surface area contributed by atoms with Crippen molar-refractivity contribution in [3.05, 3.63) is 112 Å². The summed E-state index contributed by atoms with van der Waals surface area (Å²) in [6.07, 6.45) is 3.99. The van der Waals surface area contributed by atoms with Crippen LogP contribution >= 0.6 is 15.9 Å². The van der Waals surface area contributed by atoms with Gasteiger partial charge in [0.05, 0.1) is 24.4 Å². The molecule has 4 aliphatic rings. The van der Waals surface area contributed by atoms with Crippen LogP contribution in [0.1, 0.15) is 56.2 Å². The Bertz CT molecular complexity index is 1890. The van der Waals surface area contributed by atoms with Crippen molar-refractivity contribution in [1.29, 1.82) is 0 Å². The summed E-state index contributed by atoms with van der Waals surface area (Å²) in [5.41, 5.74) is 0.671. The number of phenolic OH excluding ortho intramolecular Hbond substituents is 1. The molecule has 0 radical (unpaired) electrons. The molecule has 7 nitrogen and oxygen atoms in total. The van der Waals surface area contributed by atoms with Gasteiger partial charge in [-0.3, -0.25) is 24.1 Å². The maximum Gasteiger partial charge on any atom is 0.234 e. The van der Waals surface area contributed by atoms with Gasteiger partial charge in [0, 0.05) is 33.0 Å². The van der Waals surface area contributed by atoms with Gasteiger partial charge in [0.25, 0.3) is 0 Å². The molecule has 1 saturated heterocycles. The number of benzene rings is 3. The van der Waals surface area contributed by atoms with Crippen LogP contribution in [-0.2, 0) is 24.6 Å². The van der Waals surface area contributed by atoms with E-state index in [4.69, 9.17) is 4.74 Å². The number of carbonyl (C=O) groups excluding carboxylic acids is 4. The Morgan fingerprint density at radius 2 is 1.57 bits per heavy atom. The molecule has 3 aromatic carbocycles. The van der Waals surface area contributed by atoms with Crippen LogP contribution in [-0.4, -0.2) is 46.0 Å². The molecule has 7 rings (SSSR count). The first-order chi connectivity index (χ1) is 22.4. The van der Waals surface area contributed by atoms with Crippen molar-refractivity contribution in [2.75, 3.05) is 7.11 Å². The lowest BCUT2D eigenvalue weighted by atomic mass is 9.44. The Morgan fingerprint density at radius 1 is 0.915 bits per heavy atom. The third kappa shape index (κ3) is 4.51. The number of hydrogen-bond acceptors (Lipinski definition) is 6. The Balaban J connectivity index is 1.54. The van der Waals surface area contributed by atoms with Gasteiger partial charge in [-0.1, -0.05) is 88.2 Å². The van der Waals surface area contributed by atoms with E-state index in [0.29, 0.717) is 33.2 Å². The predicted octanol–water partition coefficient (Wildman–Crippen LogP) is 6.79. The van der Waals surface area contributed by atoms with Crippen LogP contribution < -0.4 is 4.74 Å². The smallest absolute Gasteiger partial charge is 0.234 e. The predicted molar refractivity (Wildman–Crippen MR) is 181 cm³/mol. The molecule has 3 aromatic rings. The minimum Gasteiger partial charge on any atom is -0.504 e. The molecule has 240 valence electrons. The van der Waals surface area contributed by atoms with Gasteiger partial charge in [0.1, 0.15) is 0 Å². The summed E-state index contributed by atoms with van der Waals surface area (Å²) in [4.78, 5) is 59.6. The number of likely N-dealkylation sites (tertiary alicyclic amines) is 1. The van der Waals surface area contributed by atoms with Crippen molar-refractivity contribution < 1.29 is 29.0 Å². The number of ketones is 2. The lowest BCUT2D eigenvalue weighted by molar-refractivity contribution is -0.145. The van der Waals surface area contributed by atoms with E-state index in [0.717, 1.165) is 5.57 Å². The number of methoxy groups -OCH3 is 1. The molecule has 3 aliphatic carbocycles. The normalized spacial score (nSPS) is 28.7. The highest BCUT2D eigenvalue weighted by atomic mass is 79.9. The molecule has 2 amide bonds. The van der Waals surface area contributed by atoms with Gasteiger partial charge in [-0.15, -0.1) is 0 Å². The maximum absolute atomic E-state index is 15.1. The fourth-order valence-electron chi connectivity index (χ4n) is 8.85. The number of amides is 2. The second-order valence-corrected chi connectivity index (χ2v) is 14.9. The number of imide groups is 1. The highest BCUT2D eigenvalue weighted by Gasteiger charge is 2.66. The highest BCUT2D eigenvalue weighted by Crippen LogP contribution is 2.65. The number of halogens is 1. The van der Waals surface area contributed by atoms with E-state index >= 15 is 4.79 Å². The molecule has 8 heteroatoms. The third-order valence-electron chi connectivity index (χ3n) is 10.6. The highest BCUT2D eigenvalue weighted by molar-refractivity contribution is 9.10. The minimum atomic E-state index is -1.44. The molecular formula is C39H36BrNO6. The number of fused-ring (bicyclic) bond motifs is 4. The molecule has 6 atom stereocenters. The summed E-state index contributed by atoms with van der Waals surface area (Å²) in [7, 11) is 1.46. The van der Waals surface area contributed by atoms with E-state index in [2.05, 4.69) is 15.9 Å². The molecule has 0 spiro atoms. The number of aromatic hydroxyl groups is 1. The van der Waals surface area contributed by atoms with Crippen molar-refractivity contribution in [1.82, 2.24) is 4.90 Å². The van der Waals surface area contributed by atoms with Crippen LogP contribution in [0.4, 0.5) is 0 Å². The zero-order valence-corrected chi connectivity index (χ0v) is 28.3. The van der Waals surface area contributed by atoms with Crippen LogP contribution in [0, 0.1) is 23.7 Å². The van der Waals surface area contributed by atoms with Gasteiger partial charge in [-0.05, 0) is 68.9 Å². The van der Waals surface area contributed by atoms with Crippen molar-refractivity contribution in [2.24, 2.45) is 23.7 Å². The topological polar surface area (TPSA) is 101 Å². The van der Waals surface area contributed by atoms with Crippen LogP contribution in [0.15, 0.2) is 95.0 Å². The van der Waals surface area contributed by atoms with E-state index < -0.39 is 40.5 Å². The van der Waals surface area contributed by atoms with Gasteiger partial charge in [0.2, 0.25) is 11.8 Å². The van der Waals surface area contributed by atoms with Gasteiger partial charge in [-0.2, -0.15) is 0 Å². The number of hydrogen-bond donors (Lipinski definition) is 1. The number of Topliss-reactive ketones (excluding diaryl/α,β-unsaturated/α-hetero) is 1.